The van der Waals surface area contributed by atoms with Crippen LogP contribution >= 0.6 is 0 Å². The molecule has 2 rings (SSSR count). The van der Waals surface area contributed by atoms with E-state index in [1.54, 1.807) is 0 Å². The Hall–Kier alpha value is -1.11. The van der Waals surface area contributed by atoms with E-state index in [9.17, 15) is 4.79 Å². The topological polar surface area (TPSA) is 17.1 Å². The fourth-order valence-electron chi connectivity index (χ4n) is 2.24. The van der Waals surface area contributed by atoms with Crippen molar-refractivity contribution in [1.29, 1.82) is 0 Å². The molecule has 1 aromatic carbocycles. The van der Waals surface area contributed by atoms with Gasteiger partial charge in [-0.3, -0.25) is 4.79 Å². The largest absolute Gasteiger partial charge is 0.299 e. The van der Waals surface area contributed by atoms with Gasteiger partial charge in [0, 0.05) is 12.3 Å². The Morgan fingerprint density at radius 2 is 1.83 bits per heavy atom. The second kappa shape index (κ2) is 8.07. The van der Waals surface area contributed by atoms with E-state index in [0.717, 1.165) is 25.7 Å². The monoisotopic (exact) mass is 246 g/mol. The van der Waals surface area contributed by atoms with Crippen molar-refractivity contribution >= 4 is 5.78 Å². The minimum absolute atomic E-state index is 0.406. The first-order valence-corrected chi connectivity index (χ1v) is 7.35. The highest BCUT2D eigenvalue weighted by atomic mass is 16.1. The molecule has 1 aliphatic rings. The molecule has 1 aliphatic carbocycles. The molecule has 1 nitrogen and oxygen atoms in total. The Kier molecular flexibility index (Phi) is 6.70. The van der Waals surface area contributed by atoms with E-state index in [4.69, 9.17) is 0 Å². The Morgan fingerprint density at radius 1 is 1.22 bits per heavy atom. The number of rotatable bonds is 5. The molecular weight excluding hydrogens is 220 g/mol. The molecule has 0 amide bonds. The van der Waals surface area contributed by atoms with E-state index in [2.05, 4.69) is 31.2 Å². The number of hydrogen-bond donors (Lipinski definition) is 0. The first-order valence-electron chi connectivity index (χ1n) is 7.35. The molecule has 0 aliphatic heterocycles. The molecule has 18 heavy (non-hydrogen) atoms. The summed E-state index contributed by atoms with van der Waals surface area (Å²) >= 11 is 0. The Bertz CT molecular complexity index is 338. The number of carbonyl (C=O) groups excluding carboxylic acids is 1. The summed E-state index contributed by atoms with van der Waals surface area (Å²) in [5.41, 5.74) is 1.35. The molecule has 0 radical (unpaired) electrons. The summed E-state index contributed by atoms with van der Waals surface area (Å²) in [6.07, 6.45) is 5.29. The van der Waals surface area contributed by atoms with Crippen LogP contribution in [0.15, 0.2) is 30.3 Å². The quantitative estimate of drug-likeness (QED) is 0.717. The second-order valence-corrected chi connectivity index (χ2v) is 4.94. The summed E-state index contributed by atoms with van der Waals surface area (Å²) in [7, 11) is 0. The van der Waals surface area contributed by atoms with Crippen molar-refractivity contribution in [3.63, 3.8) is 0 Å². The fraction of sp³-hybridized carbons (Fsp3) is 0.588. The smallest absolute Gasteiger partial charge is 0.135 e. The molecule has 0 N–H and O–H groups in total. The molecule has 1 heteroatoms. The van der Waals surface area contributed by atoms with Crippen molar-refractivity contribution in [1.82, 2.24) is 0 Å². The Balaban J connectivity index is 0.000000771. The highest BCUT2D eigenvalue weighted by Gasteiger charge is 2.24. The zero-order valence-electron chi connectivity index (χ0n) is 12.0. The maximum Gasteiger partial charge on any atom is 0.135 e. The van der Waals surface area contributed by atoms with Crippen LogP contribution in [-0.4, -0.2) is 5.78 Å². The molecule has 0 heterocycles. The van der Waals surface area contributed by atoms with E-state index in [1.165, 1.54) is 12.0 Å². The second-order valence-electron chi connectivity index (χ2n) is 4.94. The lowest BCUT2D eigenvalue weighted by Crippen LogP contribution is -2.21. The van der Waals surface area contributed by atoms with Crippen molar-refractivity contribution in [3.8, 4) is 0 Å². The third kappa shape index (κ3) is 4.29. The van der Waals surface area contributed by atoms with Crippen LogP contribution in [0.5, 0.6) is 0 Å². The molecular formula is C17H26O. The summed E-state index contributed by atoms with van der Waals surface area (Å²) in [5.74, 6) is 1.40. The van der Waals surface area contributed by atoms with Gasteiger partial charge in [0.15, 0.2) is 0 Å². The lowest BCUT2D eigenvalue weighted by molar-refractivity contribution is -0.125. The van der Waals surface area contributed by atoms with Crippen molar-refractivity contribution < 1.29 is 4.79 Å². The number of hydrogen-bond acceptors (Lipinski definition) is 1. The van der Waals surface area contributed by atoms with Crippen LogP contribution in [-0.2, 0) is 4.79 Å². The zero-order chi connectivity index (χ0) is 13.4. The number of ketones is 1. The average molecular weight is 246 g/mol. The van der Waals surface area contributed by atoms with Gasteiger partial charge in [-0.15, -0.1) is 0 Å². The summed E-state index contributed by atoms with van der Waals surface area (Å²) in [5, 5.41) is 0. The van der Waals surface area contributed by atoms with Crippen molar-refractivity contribution in [2.45, 2.75) is 58.8 Å². The van der Waals surface area contributed by atoms with Gasteiger partial charge in [0.05, 0.1) is 0 Å². The minimum atomic E-state index is 0.406. The minimum Gasteiger partial charge on any atom is -0.299 e. The van der Waals surface area contributed by atoms with Crippen molar-refractivity contribution in [2.24, 2.45) is 5.92 Å². The van der Waals surface area contributed by atoms with E-state index in [-0.39, 0.29) is 0 Å². The maximum atomic E-state index is 11.8. The van der Waals surface area contributed by atoms with Crippen LogP contribution in [0.25, 0.3) is 0 Å². The van der Waals surface area contributed by atoms with Crippen LogP contribution in [0.2, 0.25) is 0 Å². The third-order valence-corrected chi connectivity index (χ3v) is 3.75. The summed E-state index contributed by atoms with van der Waals surface area (Å²) in [4.78, 5) is 11.8. The molecule has 1 fully saturated rings. The van der Waals surface area contributed by atoms with Gasteiger partial charge in [0.1, 0.15) is 5.78 Å². The SMILES string of the molecule is CC.CC(CCC(=O)C1CCC1)c1ccccc1. The predicted octanol–water partition coefficient (Wildman–Crippen LogP) is 4.97. The standard InChI is InChI=1S/C15H20O.C2H6/c1-12(13-6-3-2-4-7-13)10-11-15(16)14-8-5-9-14;1-2/h2-4,6-7,12,14H,5,8-11H2,1H3;1-2H3. The summed E-state index contributed by atoms with van der Waals surface area (Å²) < 4.78 is 0. The molecule has 0 bridgehead atoms. The Labute approximate surface area is 112 Å². The van der Waals surface area contributed by atoms with Crippen LogP contribution in [0, 0.1) is 5.92 Å². The predicted molar refractivity (Wildman–Crippen MR) is 77.8 cm³/mol. The average Bonchev–Trinajstić information content (AvgIpc) is 2.37. The van der Waals surface area contributed by atoms with Gasteiger partial charge in [-0.2, -0.15) is 0 Å². The summed E-state index contributed by atoms with van der Waals surface area (Å²) in [6, 6.07) is 10.5. The van der Waals surface area contributed by atoms with Gasteiger partial charge in [-0.1, -0.05) is 57.5 Å². The van der Waals surface area contributed by atoms with Crippen LogP contribution in [0.4, 0.5) is 0 Å². The third-order valence-electron chi connectivity index (χ3n) is 3.75. The van der Waals surface area contributed by atoms with Gasteiger partial charge in [-0.25, -0.2) is 0 Å². The zero-order valence-corrected chi connectivity index (χ0v) is 12.0. The van der Waals surface area contributed by atoms with Gasteiger partial charge < -0.3 is 0 Å². The first-order chi connectivity index (χ1) is 8.77. The maximum absolute atomic E-state index is 11.8. The van der Waals surface area contributed by atoms with Crippen LogP contribution < -0.4 is 0 Å². The van der Waals surface area contributed by atoms with E-state index in [0.29, 0.717) is 17.6 Å². The molecule has 100 valence electrons. The van der Waals surface area contributed by atoms with Gasteiger partial charge in [0.25, 0.3) is 0 Å². The summed E-state index contributed by atoms with van der Waals surface area (Å²) in [6.45, 7) is 6.21. The molecule has 0 saturated heterocycles. The normalized spacial score (nSPS) is 16.2. The molecule has 1 saturated carbocycles. The lowest BCUT2D eigenvalue weighted by Gasteiger charge is -2.24. The fourth-order valence-corrected chi connectivity index (χ4v) is 2.24. The Morgan fingerprint density at radius 3 is 2.33 bits per heavy atom. The van der Waals surface area contributed by atoms with E-state index in [1.807, 2.05) is 19.9 Å². The van der Waals surface area contributed by atoms with Crippen LogP contribution in [0.3, 0.4) is 0 Å². The molecule has 1 aromatic rings. The van der Waals surface area contributed by atoms with Gasteiger partial charge in [0.2, 0.25) is 0 Å². The highest BCUT2D eigenvalue weighted by molar-refractivity contribution is 5.81. The van der Waals surface area contributed by atoms with E-state index < -0.39 is 0 Å². The van der Waals surface area contributed by atoms with Crippen molar-refractivity contribution in [2.75, 3.05) is 0 Å². The number of Topliss-reactive ketones (excluding diaryl/α,β-unsaturated/α-hetero) is 1. The molecule has 1 unspecified atom stereocenters. The van der Waals surface area contributed by atoms with E-state index >= 15 is 0 Å². The number of carbonyl (C=O) groups is 1. The molecule has 0 aromatic heterocycles. The molecule has 0 spiro atoms. The lowest BCUT2D eigenvalue weighted by atomic mass is 9.80. The molecule has 1 atom stereocenters. The van der Waals surface area contributed by atoms with Gasteiger partial charge >= 0.3 is 0 Å². The van der Waals surface area contributed by atoms with Gasteiger partial charge in [-0.05, 0) is 30.7 Å². The van der Waals surface area contributed by atoms with Crippen molar-refractivity contribution in [3.05, 3.63) is 35.9 Å². The first kappa shape index (κ1) is 14.9. The highest BCUT2D eigenvalue weighted by Crippen LogP contribution is 2.30. The van der Waals surface area contributed by atoms with Crippen LogP contribution in [0.1, 0.15) is 64.4 Å². The number of benzene rings is 1.